The maximum absolute atomic E-state index is 13.3. The molecule has 0 aliphatic carbocycles. The highest BCUT2D eigenvalue weighted by molar-refractivity contribution is 8.01. The Morgan fingerprint density at radius 3 is 2.37 bits per heavy atom. The van der Waals surface area contributed by atoms with E-state index in [1.54, 1.807) is 42.6 Å². The number of amides is 3. The minimum absolute atomic E-state index is 0.195. The molecule has 1 aromatic rings. The zero-order valence-corrected chi connectivity index (χ0v) is 18.4. The standard InChI is InChI=1S/C21H27N3O5S/c1-10(2)14(16(25)22-11(3)20(28)29)23-17(26)15-21(4,5)30-19-13-9-7-6-8-12(13)18(27)24(15)19/h6-11,14-15,19H,1-5H3,(H,22,25)(H,23,26)(H,28,29). The predicted molar refractivity (Wildman–Crippen MR) is 113 cm³/mol. The quantitative estimate of drug-likeness (QED) is 0.630. The minimum Gasteiger partial charge on any atom is -0.480 e. The first-order valence-corrected chi connectivity index (χ1v) is 10.8. The van der Waals surface area contributed by atoms with Gasteiger partial charge < -0.3 is 20.6 Å². The Hall–Kier alpha value is -2.55. The first kappa shape index (κ1) is 22.1. The van der Waals surface area contributed by atoms with Crippen LogP contribution in [0, 0.1) is 5.92 Å². The third-order valence-electron chi connectivity index (χ3n) is 5.52. The molecule has 30 heavy (non-hydrogen) atoms. The lowest BCUT2D eigenvalue weighted by Gasteiger charge is -2.32. The molecule has 0 saturated carbocycles. The van der Waals surface area contributed by atoms with Gasteiger partial charge in [0.05, 0.1) is 0 Å². The average molecular weight is 434 g/mol. The van der Waals surface area contributed by atoms with Crippen molar-refractivity contribution in [2.75, 3.05) is 0 Å². The van der Waals surface area contributed by atoms with Gasteiger partial charge in [0, 0.05) is 10.3 Å². The van der Waals surface area contributed by atoms with Crippen LogP contribution in [0.5, 0.6) is 0 Å². The van der Waals surface area contributed by atoms with Crippen molar-refractivity contribution in [2.24, 2.45) is 5.92 Å². The van der Waals surface area contributed by atoms with Crippen molar-refractivity contribution in [1.82, 2.24) is 15.5 Å². The van der Waals surface area contributed by atoms with E-state index in [1.807, 2.05) is 26.0 Å². The molecular weight excluding hydrogens is 406 g/mol. The Morgan fingerprint density at radius 1 is 1.13 bits per heavy atom. The highest BCUT2D eigenvalue weighted by Crippen LogP contribution is 2.56. The lowest BCUT2D eigenvalue weighted by Crippen LogP contribution is -2.59. The Bertz CT molecular complexity index is 900. The number of nitrogens with one attached hydrogen (secondary N) is 2. The van der Waals surface area contributed by atoms with Crippen molar-refractivity contribution < 1.29 is 24.3 Å². The van der Waals surface area contributed by atoms with E-state index in [0.717, 1.165) is 5.56 Å². The van der Waals surface area contributed by atoms with Crippen LogP contribution in [0.25, 0.3) is 0 Å². The molecule has 0 bridgehead atoms. The molecule has 2 aliphatic heterocycles. The van der Waals surface area contributed by atoms with Crippen LogP contribution in [0.3, 0.4) is 0 Å². The van der Waals surface area contributed by atoms with Crippen molar-refractivity contribution in [2.45, 2.75) is 62.9 Å². The van der Waals surface area contributed by atoms with Crippen LogP contribution in [0.4, 0.5) is 0 Å². The molecule has 3 N–H and O–H groups in total. The summed E-state index contributed by atoms with van der Waals surface area (Å²) in [5, 5.41) is 14.0. The number of carbonyl (C=O) groups is 4. The number of aliphatic carboxylic acids is 1. The number of thioether (sulfide) groups is 1. The first-order valence-electron chi connectivity index (χ1n) is 9.88. The number of fused-ring (bicyclic) bond motifs is 3. The van der Waals surface area contributed by atoms with E-state index in [9.17, 15) is 19.2 Å². The molecule has 3 amide bonds. The predicted octanol–water partition coefficient (Wildman–Crippen LogP) is 1.77. The van der Waals surface area contributed by atoms with Crippen molar-refractivity contribution in [3.63, 3.8) is 0 Å². The van der Waals surface area contributed by atoms with Gasteiger partial charge in [0.1, 0.15) is 23.5 Å². The Labute approximate surface area is 179 Å². The van der Waals surface area contributed by atoms with E-state index in [2.05, 4.69) is 10.6 Å². The van der Waals surface area contributed by atoms with Gasteiger partial charge in [-0.2, -0.15) is 0 Å². The fourth-order valence-electron chi connectivity index (χ4n) is 3.94. The van der Waals surface area contributed by atoms with E-state index in [0.29, 0.717) is 5.56 Å². The molecule has 3 rings (SSSR count). The van der Waals surface area contributed by atoms with Crippen LogP contribution in [0.1, 0.15) is 55.9 Å². The smallest absolute Gasteiger partial charge is 0.325 e. The lowest BCUT2D eigenvalue weighted by molar-refractivity contribution is -0.142. The second-order valence-corrected chi connectivity index (χ2v) is 10.3. The summed E-state index contributed by atoms with van der Waals surface area (Å²) in [7, 11) is 0. The van der Waals surface area contributed by atoms with Crippen LogP contribution < -0.4 is 10.6 Å². The second-order valence-electron chi connectivity index (χ2n) is 8.57. The fourth-order valence-corrected chi connectivity index (χ4v) is 5.53. The van der Waals surface area contributed by atoms with Gasteiger partial charge in [0.15, 0.2) is 0 Å². The van der Waals surface area contributed by atoms with Crippen LogP contribution in [0.15, 0.2) is 24.3 Å². The SMILES string of the molecule is CC(NC(=O)C(NC(=O)C1N2C(=O)c3ccccc3C2SC1(C)C)C(C)C)C(=O)O. The second kappa shape index (κ2) is 7.94. The number of rotatable bonds is 6. The van der Waals surface area contributed by atoms with Gasteiger partial charge in [0.25, 0.3) is 5.91 Å². The van der Waals surface area contributed by atoms with E-state index >= 15 is 0 Å². The molecule has 8 nitrogen and oxygen atoms in total. The minimum atomic E-state index is -1.16. The summed E-state index contributed by atoms with van der Waals surface area (Å²) in [5.74, 6) is -2.61. The molecule has 1 fully saturated rings. The number of benzene rings is 1. The van der Waals surface area contributed by atoms with Gasteiger partial charge in [-0.1, -0.05) is 32.0 Å². The summed E-state index contributed by atoms with van der Waals surface area (Å²) < 4.78 is -0.565. The normalized spacial score (nSPS) is 23.5. The van der Waals surface area contributed by atoms with Gasteiger partial charge in [0.2, 0.25) is 11.8 Å². The van der Waals surface area contributed by atoms with Gasteiger partial charge in [-0.25, -0.2) is 0 Å². The molecule has 162 valence electrons. The third-order valence-corrected chi connectivity index (χ3v) is 7.06. The summed E-state index contributed by atoms with van der Waals surface area (Å²) in [5.41, 5.74) is 1.49. The summed E-state index contributed by atoms with van der Waals surface area (Å²) in [4.78, 5) is 51.6. The number of carboxylic acid groups (broad SMARTS) is 1. The van der Waals surface area contributed by atoms with Gasteiger partial charge in [-0.3, -0.25) is 19.2 Å². The molecular formula is C21H27N3O5S. The van der Waals surface area contributed by atoms with Gasteiger partial charge >= 0.3 is 5.97 Å². The van der Waals surface area contributed by atoms with Crippen molar-refractivity contribution in [3.05, 3.63) is 35.4 Å². The highest BCUT2D eigenvalue weighted by atomic mass is 32.2. The van der Waals surface area contributed by atoms with E-state index < -0.39 is 40.7 Å². The summed E-state index contributed by atoms with van der Waals surface area (Å²) in [6.07, 6.45) is 0. The average Bonchev–Trinajstić information content (AvgIpc) is 3.09. The third kappa shape index (κ3) is 3.78. The molecule has 4 atom stereocenters. The van der Waals surface area contributed by atoms with Crippen LogP contribution in [0.2, 0.25) is 0 Å². The zero-order chi connectivity index (χ0) is 22.4. The zero-order valence-electron chi connectivity index (χ0n) is 17.6. The Balaban J connectivity index is 1.84. The molecule has 4 unspecified atom stereocenters. The van der Waals surface area contributed by atoms with Crippen LogP contribution >= 0.6 is 11.8 Å². The van der Waals surface area contributed by atoms with Crippen LogP contribution in [-0.2, 0) is 14.4 Å². The summed E-state index contributed by atoms with van der Waals surface area (Å²) in [6.45, 7) is 8.72. The number of carboxylic acids is 1. The lowest BCUT2D eigenvalue weighted by atomic mass is 9.98. The monoisotopic (exact) mass is 433 g/mol. The van der Waals surface area contributed by atoms with E-state index in [1.165, 1.54) is 6.92 Å². The fraction of sp³-hybridized carbons (Fsp3) is 0.524. The maximum Gasteiger partial charge on any atom is 0.325 e. The number of nitrogens with zero attached hydrogens (tertiary/aromatic N) is 1. The molecule has 1 aromatic carbocycles. The Morgan fingerprint density at radius 2 is 1.77 bits per heavy atom. The molecule has 1 saturated heterocycles. The summed E-state index contributed by atoms with van der Waals surface area (Å²) in [6, 6.07) is 4.58. The molecule has 2 heterocycles. The van der Waals surface area contributed by atoms with Gasteiger partial charge in [-0.15, -0.1) is 11.8 Å². The molecule has 0 aromatic heterocycles. The van der Waals surface area contributed by atoms with E-state index in [-0.39, 0.29) is 17.2 Å². The highest BCUT2D eigenvalue weighted by Gasteiger charge is 2.57. The molecule has 9 heteroatoms. The topological polar surface area (TPSA) is 116 Å². The summed E-state index contributed by atoms with van der Waals surface area (Å²) >= 11 is 1.55. The largest absolute Gasteiger partial charge is 0.480 e. The Kier molecular flexibility index (Phi) is 5.86. The van der Waals surface area contributed by atoms with Crippen molar-refractivity contribution >= 4 is 35.5 Å². The van der Waals surface area contributed by atoms with Crippen molar-refractivity contribution in [1.29, 1.82) is 0 Å². The number of hydrogen-bond donors (Lipinski definition) is 3. The van der Waals surface area contributed by atoms with Gasteiger partial charge in [-0.05, 0) is 38.3 Å². The molecule has 2 aliphatic rings. The maximum atomic E-state index is 13.3. The molecule has 0 spiro atoms. The first-order chi connectivity index (χ1) is 14.0. The van der Waals surface area contributed by atoms with Crippen molar-refractivity contribution in [3.8, 4) is 0 Å². The number of carbonyl (C=O) groups excluding carboxylic acids is 3. The van der Waals surface area contributed by atoms with E-state index in [4.69, 9.17) is 5.11 Å². The number of hydrogen-bond acceptors (Lipinski definition) is 5. The van der Waals surface area contributed by atoms with Crippen LogP contribution in [-0.4, -0.2) is 56.6 Å². The molecule has 0 radical (unpaired) electrons.